The number of amides is 1. The average molecular weight is 248 g/mol. The van der Waals surface area contributed by atoms with Crippen LogP contribution in [0.2, 0.25) is 0 Å². The fourth-order valence-electron chi connectivity index (χ4n) is 2.86. The Kier molecular flexibility index (Phi) is 2.66. The van der Waals surface area contributed by atoms with Crippen molar-refractivity contribution in [3.8, 4) is 0 Å². The highest BCUT2D eigenvalue weighted by Gasteiger charge is 2.36. The van der Waals surface area contributed by atoms with E-state index in [-0.39, 0.29) is 17.4 Å². The van der Waals surface area contributed by atoms with Gasteiger partial charge in [0.2, 0.25) is 5.91 Å². The number of nitrogens with zero attached hydrogens (tertiary/aromatic N) is 2. The Morgan fingerprint density at radius 3 is 3.11 bits per heavy atom. The SMILES string of the molecule is CC1(C)CCN(C(=O)C2Cc3nc[nH]c3CN2)C1. The van der Waals surface area contributed by atoms with Gasteiger partial charge in [-0.3, -0.25) is 10.1 Å². The maximum Gasteiger partial charge on any atom is 0.240 e. The number of H-pyrrole nitrogens is 1. The van der Waals surface area contributed by atoms with Crippen molar-refractivity contribution in [2.24, 2.45) is 5.41 Å². The van der Waals surface area contributed by atoms with Gasteiger partial charge in [0, 0.05) is 26.1 Å². The fourth-order valence-corrected chi connectivity index (χ4v) is 2.86. The third-order valence-electron chi connectivity index (χ3n) is 4.02. The first-order chi connectivity index (χ1) is 8.55. The molecule has 1 saturated heterocycles. The second kappa shape index (κ2) is 4.09. The molecule has 2 N–H and O–H groups in total. The van der Waals surface area contributed by atoms with Gasteiger partial charge < -0.3 is 9.88 Å². The summed E-state index contributed by atoms with van der Waals surface area (Å²) in [5, 5.41) is 3.30. The van der Waals surface area contributed by atoms with Crippen molar-refractivity contribution in [2.75, 3.05) is 13.1 Å². The molecule has 0 bridgehead atoms. The van der Waals surface area contributed by atoms with E-state index in [2.05, 4.69) is 29.1 Å². The van der Waals surface area contributed by atoms with Crippen LogP contribution in [-0.4, -0.2) is 39.9 Å². The van der Waals surface area contributed by atoms with Crippen molar-refractivity contribution >= 4 is 5.91 Å². The van der Waals surface area contributed by atoms with Gasteiger partial charge >= 0.3 is 0 Å². The number of likely N-dealkylation sites (tertiary alicyclic amines) is 1. The van der Waals surface area contributed by atoms with Crippen LogP contribution in [0.25, 0.3) is 0 Å². The lowest BCUT2D eigenvalue weighted by Crippen LogP contribution is -2.49. The largest absolute Gasteiger partial charge is 0.347 e. The molecule has 1 unspecified atom stereocenters. The predicted molar refractivity (Wildman–Crippen MR) is 67.9 cm³/mol. The highest BCUT2D eigenvalue weighted by Crippen LogP contribution is 2.29. The summed E-state index contributed by atoms with van der Waals surface area (Å²) in [4.78, 5) is 21.8. The first-order valence-electron chi connectivity index (χ1n) is 6.58. The van der Waals surface area contributed by atoms with Crippen molar-refractivity contribution in [1.29, 1.82) is 0 Å². The van der Waals surface area contributed by atoms with Crippen molar-refractivity contribution in [1.82, 2.24) is 20.2 Å². The molecule has 98 valence electrons. The van der Waals surface area contributed by atoms with E-state index >= 15 is 0 Å². The van der Waals surface area contributed by atoms with Gasteiger partial charge in [0.1, 0.15) is 0 Å². The van der Waals surface area contributed by atoms with Gasteiger partial charge in [-0.05, 0) is 11.8 Å². The Balaban J connectivity index is 1.68. The van der Waals surface area contributed by atoms with E-state index in [9.17, 15) is 4.79 Å². The summed E-state index contributed by atoms with van der Waals surface area (Å²) in [5.41, 5.74) is 2.41. The van der Waals surface area contributed by atoms with Crippen molar-refractivity contribution in [2.45, 2.75) is 39.3 Å². The van der Waals surface area contributed by atoms with E-state index in [1.54, 1.807) is 6.33 Å². The molecule has 3 rings (SSSR count). The quantitative estimate of drug-likeness (QED) is 0.768. The first-order valence-corrected chi connectivity index (χ1v) is 6.58. The van der Waals surface area contributed by atoms with Gasteiger partial charge in [-0.2, -0.15) is 0 Å². The molecule has 0 saturated carbocycles. The van der Waals surface area contributed by atoms with Gasteiger partial charge in [-0.25, -0.2) is 4.98 Å². The minimum Gasteiger partial charge on any atom is -0.347 e. The lowest BCUT2D eigenvalue weighted by atomic mass is 9.93. The normalized spacial score (nSPS) is 26.1. The molecule has 1 amide bonds. The van der Waals surface area contributed by atoms with Crippen LogP contribution in [0, 0.1) is 5.41 Å². The Labute approximate surface area is 107 Å². The van der Waals surface area contributed by atoms with E-state index in [4.69, 9.17) is 0 Å². The van der Waals surface area contributed by atoms with Gasteiger partial charge in [-0.1, -0.05) is 13.8 Å². The smallest absolute Gasteiger partial charge is 0.240 e. The topological polar surface area (TPSA) is 61.0 Å². The number of hydrogen-bond donors (Lipinski definition) is 2. The summed E-state index contributed by atoms with van der Waals surface area (Å²) in [6.07, 6.45) is 3.51. The number of carbonyl (C=O) groups excluding carboxylic acids is 1. The fraction of sp³-hybridized carbons (Fsp3) is 0.692. The number of carbonyl (C=O) groups is 1. The van der Waals surface area contributed by atoms with Gasteiger partial charge in [-0.15, -0.1) is 0 Å². The molecule has 2 aliphatic heterocycles. The van der Waals surface area contributed by atoms with Crippen LogP contribution in [-0.2, 0) is 17.8 Å². The van der Waals surface area contributed by atoms with Crippen LogP contribution in [0.1, 0.15) is 31.7 Å². The van der Waals surface area contributed by atoms with Crippen LogP contribution in [0.4, 0.5) is 0 Å². The second-order valence-electron chi connectivity index (χ2n) is 6.14. The Morgan fingerprint density at radius 2 is 2.39 bits per heavy atom. The van der Waals surface area contributed by atoms with Crippen molar-refractivity contribution in [3.63, 3.8) is 0 Å². The van der Waals surface area contributed by atoms with E-state index in [0.29, 0.717) is 13.0 Å². The summed E-state index contributed by atoms with van der Waals surface area (Å²) in [7, 11) is 0. The highest BCUT2D eigenvalue weighted by molar-refractivity contribution is 5.82. The third kappa shape index (κ3) is 2.03. The standard InChI is InChI=1S/C13H20N4O/c1-13(2)3-4-17(7-13)12(18)10-5-9-11(6-14-10)16-8-15-9/h8,10,14H,3-7H2,1-2H3,(H,15,16). The van der Waals surface area contributed by atoms with Crippen molar-refractivity contribution < 1.29 is 4.79 Å². The zero-order valence-corrected chi connectivity index (χ0v) is 11.0. The summed E-state index contributed by atoms with van der Waals surface area (Å²) in [6.45, 7) is 6.92. The van der Waals surface area contributed by atoms with E-state index in [1.807, 2.05) is 4.90 Å². The van der Waals surface area contributed by atoms with Gasteiger partial charge in [0.15, 0.2) is 0 Å². The molecule has 2 aliphatic rings. The number of fused-ring (bicyclic) bond motifs is 1. The second-order valence-corrected chi connectivity index (χ2v) is 6.14. The molecule has 0 radical (unpaired) electrons. The summed E-state index contributed by atoms with van der Waals surface area (Å²) in [6, 6.07) is -0.102. The van der Waals surface area contributed by atoms with Crippen LogP contribution < -0.4 is 5.32 Å². The molecule has 3 heterocycles. The average Bonchev–Trinajstić information content (AvgIpc) is 2.93. The number of aromatic amines is 1. The van der Waals surface area contributed by atoms with Gasteiger partial charge in [0.25, 0.3) is 0 Å². The zero-order valence-electron chi connectivity index (χ0n) is 11.0. The zero-order chi connectivity index (χ0) is 12.8. The Morgan fingerprint density at radius 1 is 1.56 bits per heavy atom. The molecule has 18 heavy (non-hydrogen) atoms. The molecular weight excluding hydrogens is 228 g/mol. The molecule has 1 aromatic heterocycles. The highest BCUT2D eigenvalue weighted by atomic mass is 16.2. The van der Waals surface area contributed by atoms with E-state index in [1.165, 1.54) is 0 Å². The molecule has 0 spiro atoms. The maximum atomic E-state index is 12.4. The molecule has 5 heteroatoms. The predicted octanol–water partition coefficient (Wildman–Crippen LogP) is 0.682. The number of aromatic nitrogens is 2. The van der Waals surface area contributed by atoms with E-state index in [0.717, 1.165) is 30.9 Å². The van der Waals surface area contributed by atoms with Gasteiger partial charge in [0.05, 0.1) is 23.8 Å². The molecular formula is C13H20N4O. The van der Waals surface area contributed by atoms with Crippen LogP contribution in [0.15, 0.2) is 6.33 Å². The monoisotopic (exact) mass is 248 g/mol. The molecule has 0 aromatic carbocycles. The third-order valence-corrected chi connectivity index (χ3v) is 4.02. The number of rotatable bonds is 1. The maximum absolute atomic E-state index is 12.4. The van der Waals surface area contributed by atoms with Crippen LogP contribution in [0.5, 0.6) is 0 Å². The lowest BCUT2D eigenvalue weighted by Gasteiger charge is -2.27. The minimum atomic E-state index is -0.102. The van der Waals surface area contributed by atoms with Crippen LogP contribution in [0.3, 0.4) is 0 Å². The number of hydrogen-bond acceptors (Lipinski definition) is 3. The Bertz CT molecular complexity index is 465. The molecule has 5 nitrogen and oxygen atoms in total. The number of nitrogens with one attached hydrogen (secondary N) is 2. The van der Waals surface area contributed by atoms with E-state index < -0.39 is 0 Å². The molecule has 1 fully saturated rings. The van der Waals surface area contributed by atoms with Crippen LogP contribution >= 0.6 is 0 Å². The molecule has 1 aromatic rings. The summed E-state index contributed by atoms with van der Waals surface area (Å²) in [5.74, 6) is 0.231. The number of imidazole rings is 1. The summed E-state index contributed by atoms with van der Waals surface area (Å²) >= 11 is 0. The minimum absolute atomic E-state index is 0.102. The molecule has 1 atom stereocenters. The Hall–Kier alpha value is -1.36. The van der Waals surface area contributed by atoms with Crippen molar-refractivity contribution in [3.05, 3.63) is 17.7 Å². The molecule has 0 aliphatic carbocycles. The summed E-state index contributed by atoms with van der Waals surface area (Å²) < 4.78 is 0. The first kappa shape index (κ1) is 11.7. The lowest BCUT2D eigenvalue weighted by molar-refractivity contribution is -0.133.